The molecule has 1 amide bonds. The Morgan fingerprint density at radius 2 is 2.10 bits per heavy atom. The Bertz CT molecular complexity index is 652. The van der Waals surface area contributed by atoms with Gasteiger partial charge in [-0.1, -0.05) is 37.3 Å². The van der Waals surface area contributed by atoms with E-state index in [0.717, 1.165) is 6.42 Å². The number of para-hydroxylation sites is 1. The highest BCUT2D eigenvalue weighted by Crippen LogP contribution is 2.23. The summed E-state index contributed by atoms with van der Waals surface area (Å²) in [7, 11) is 1.67. The van der Waals surface area contributed by atoms with E-state index in [1.807, 2.05) is 26.0 Å². The zero-order chi connectivity index (χ0) is 15.5. The quantitative estimate of drug-likeness (QED) is 0.808. The Labute approximate surface area is 126 Å². The summed E-state index contributed by atoms with van der Waals surface area (Å²) in [6.45, 7) is 6.04. The molecule has 3 heteroatoms. The SMILES string of the molecule is CNC(=O)C(C)(C)/C=C/[C@H](C)Cc1c[nH]c2ccccc12. The summed E-state index contributed by atoms with van der Waals surface area (Å²) in [5.41, 5.74) is 2.03. The minimum Gasteiger partial charge on any atom is -0.361 e. The van der Waals surface area contributed by atoms with Crippen molar-refractivity contribution in [2.45, 2.75) is 27.2 Å². The number of hydrogen-bond donors (Lipinski definition) is 2. The number of amides is 1. The van der Waals surface area contributed by atoms with Gasteiger partial charge < -0.3 is 10.3 Å². The van der Waals surface area contributed by atoms with Crippen molar-refractivity contribution in [1.82, 2.24) is 10.3 Å². The van der Waals surface area contributed by atoms with E-state index in [0.29, 0.717) is 5.92 Å². The third-order valence-corrected chi connectivity index (χ3v) is 3.87. The maximum Gasteiger partial charge on any atom is 0.229 e. The van der Waals surface area contributed by atoms with E-state index < -0.39 is 5.41 Å². The van der Waals surface area contributed by atoms with Gasteiger partial charge in [-0.2, -0.15) is 0 Å². The van der Waals surface area contributed by atoms with E-state index in [2.05, 4.69) is 47.7 Å². The highest BCUT2D eigenvalue weighted by molar-refractivity contribution is 5.84. The molecule has 112 valence electrons. The van der Waals surface area contributed by atoms with Crippen LogP contribution in [0.5, 0.6) is 0 Å². The van der Waals surface area contributed by atoms with Crippen LogP contribution in [-0.4, -0.2) is 17.9 Å². The average Bonchev–Trinajstić information content (AvgIpc) is 2.88. The molecule has 0 bridgehead atoms. The van der Waals surface area contributed by atoms with Gasteiger partial charge in [0.2, 0.25) is 5.91 Å². The fourth-order valence-electron chi connectivity index (χ4n) is 2.52. The Hall–Kier alpha value is -2.03. The highest BCUT2D eigenvalue weighted by atomic mass is 16.2. The van der Waals surface area contributed by atoms with Crippen molar-refractivity contribution < 1.29 is 4.79 Å². The molecule has 1 aromatic carbocycles. The van der Waals surface area contributed by atoms with Gasteiger partial charge in [0.1, 0.15) is 0 Å². The Morgan fingerprint density at radius 3 is 2.81 bits per heavy atom. The Morgan fingerprint density at radius 1 is 1.38 bits per heavy atom. The number of carbonyl (C=O) groups is 1. The smallest absolute Gasteiger partial charge is 0.229 e. The van der Waals surface area contributed by atoms with Gasteiger partial charge in [0.05, 0.1) is 5.41 Å². The minimum absolute atomic E-state index is 0.0399. The van der Waals surface area contributed by atoms with E-state index in [-0.39, 0.29) is 5.91 Å². The summed E-state index contributed by atoms with van der Waals surface area (Å²) in [4.78, 5) is 15.1. The molecule has 2 aromatic rings. The van der Waals surface area contributed by atoms with E-state index in [1.54, 1.807) is 7.05 Å². The van der Waals surface area contributed by atoms with E-state index in [9.17, 15) is 4.79 Å². The van der Waals surface area contributed by atoms with Crippen molar-refractivity contribution in [3.63, 3.8) is 0 Å². The second-order valence-electron chi connectivity index (χ2n) is 6.20. The third-order valence-electron chi connectivity index (χ3n) is 3.87. The second kappa shape index (κ2) is 6.17. The predicted octanol–water partition coefficient (Wildman–Crippen LogP) is 3.67. The van der Waals surface area contributed by atoms with E-state index in [1.165, 1.54) is 16.5 Å². The highest BCUT2D eigenvalue weighted by Gasteiger charge is 2.23. The number of rotatable bonds is 5. The van der Waals surface area contributed by atoms with Gasteiger partial charge in [-0.05, 0) is 37.8 Å². The van der Waals surface area contributed by atoms with Crippen LogP contribution in [0.1, 0.15) is 26.3 Å². The number of nitrogens with one attached hydrogen (secondary N) is 2. The second-order valence-corrected chi connectivity index (χ2v) is 6.20. The standard InChI is InChI=1S/C18H24N2O/c1-13(9-10-18(2,3)17(21)19-4)11-14-12-20-16-8-6-5-7-15(14)16/h5-10,12-13,20H,11H2,1-4H3,(H,19,21)/b10-9+/t13-/m0/s1. The van der Waals surface area contributed by atoms with Gasteiger partial charge in [-0.15, -0.1) is 0 Å². The summed E-state index contributed by atoms with van der Waals surface area (Å²) >= 11 is 0. The normalized spacial score (nSPS) is 13.7. The van der Waals surface area contributed by atoms with Gasteiger partial charge in [-0.25, -0.2) is 0 Å². The van der Waals surface area contributed by atoms with Crippen molar-refractivity contribution >= 4 is 16.8 Å². The zero-order valence-electron chi connectivity index (χ0n) is 13.2. The van der Waals surface area contributed by atoms with Crippen LogP contribution in [0.3, 0.4) is 0 Å². The number of carbonyl (C=O) groups excluding carboxylic acids is 1. The fraction of sp³-hybridized carbons (Fsp3) is 0.389. The van der Waals surface area contributed by atoms with Crippen LogP contribution in [0, 0.1) is 11.3 Å². The van der Waals surface area contributed by atoms with Gasteiger partial charge in [0.25, 0.3) is 0 Å². The minimum atomic E-state index is -0.469. The third kappa shape index (κ3) is 3.54. The summed E-state index contributed by atoms with van der Waals surface area (Å²) in [6.07, 6.45) is 7.19. The number of aromatic nitrogens is 1. The fourth-order valence-corrected chi connectivity index (χ4v) is 2.52. The molecule has 0 aliphatic heterocycles. The number of aromatic amines is 1. The van der Waals surface area contributed by atoms with Crippen molar-refractivity contribution in [2.75, 3.05) is 7.05 Å². The molecule has 2 rings (SSSR count). The molecule has 0 radical (unpaired) electrons. The van der Waals surface area contributed by atoms with Crippen LogP contribution in [0.25, 0.3) is 10.9 Å². The number of allylic oxidation sites excluding steroid dienone is 1. The maximum atomic E-state index is 11.8. The first-order valence-corrected chi connectivity index (χ1v) is 7.40. The van der Waals surface area contributed by atoms with Crippen molar-refractivity contribution in [3.8, 4) is 0 Å². The molecule has 0 aliphatic carbocycles. The molecule has 0 saturated heterocycles. The van der Waals surface area contributed by atoms with Crippen LogP contribution < -0.4 is 5.32 Å². The van der Waals surface area contributed by atoms with E-state index in [4.69, 9.17) is 0 Å². The Balaban J connectivity index is 2.08. The number of fused-ring (bicyclic) bond motifs is 1. The average molecular weight is 284 g/mol. The summed E-state index contributed by atoms with van der Waals surface area (Å²) in [6, 6.07) is 8.34. The molecule has 0 fully saturated rings. The largest absolute Gasteiger partial charge is 0.361 e. The van der Waals surface area contributed by atoms with Gasteiger partial charge in [-0.3, -0.25) is 4.79 Å². The zero-order valence-corrected chi connectivity index (χ0v) is 13.2. The number of H-pyrrole nitrogens is 1. The molecule has 3 nitrogen and oxygen atoms in total. The lowest BCUT2D eigenvalue weighted by atomic mass is 9.89. The topological polar surface area (TPSA) is 44.9 Å². The Kier molecular flexibility index (Phi) is 4.51. The molecule has 2 N–H and O–H groups in total. The number of hydrogen-bond acceptors (Lipinski definition) is 1. The molecular weight excluding hydrogens is 260 g/mol. The first kappa shape index (κ1) is 15.4. The molecule has 1 aromatic heterocycles. The summed E-state index contributed by atoms with van der Waals surface area (Å²) in [5.74, 6) is 0.422. The molecule has 0 unspecified atom stereocenters. The monoisotopic (exact) mass is 284 g/mol. The predicted molar refractivity (Wildman–Crippen MR) is 88.2 cm³/mol. The molecule has 0 spiro atoms. The first-order chi connectivity index (χ1) is 9.94. The molecule has 21 heavy (non-hydrogen) atoms. The van der Waals surface area contributed by atoms with Crippen LogP contribution in [0.15, 0.2) is 42.6 Å². The summed E-state index contributed by atoms with van der Waals surface area (Å²) in [5, 5.41) is 3.98. The molecule has 0 aliphatic rings. The van der Waals surface area contributed by atoms with Gasteiger partial charge in [0, 0.05) is 24.1 Å². The van der Waals surface area contributed by atoms with Crippen LogP contribution >= 0.6 is 0 Å². The van der Waals surface area contributed by atoms with Crippen molar-refractivity contribution in [1.29, 1.82) is 0 Å². The maximum absolute atomic E-state index is 11.8. The van der Waals surface area contributed by atoms with Gasteiger partial charge >= 0.3 is 0 Å². The van der Waals surface area contributed by atoms with Crippen molar-refractivity contribution in [2.24, 2.45) is 11.3 Å². The lowest BCUT2D eigenvalue weighted by Gasteiger charge is -2.18. The lowest BCUT2D eigenvalue weighted by molar-refractivity contribution is -0.126. The molecule has 1 heterocycles. The first-order valence-electron chi connectivity index (χ1n) is 7.40. The number of benzene rings is 1. The van der Waals surface area contributed by atoms with Crippen LogP contribution in [0.2, 0.25) is 0 Å². The molecular formula is C18H24N2O. The lowest BCUT2D eigenvalue weighted by Crippen LogP contribution is -2.32. The molecule has 0 saturated carbocycles. The summed E-state index contributed by atoms with van der Waals surface area (Å²) < 4.78 is 0. The van der Waals surface area contributed by atoms with Crippen LogP contribution in [0.4, 0.5) is 0 Å². The van der Waals surface area contributed by atoms with Crippen LogP contribution in [-0.2, 0) is 11.2 Å². The van der Waals surface area contributed by atoms with Gasteiger partial charge in [0.15, 0.2) is 0 Å². The van der Waals surface area contributed by atoms with Crippen molar-refractivity contribution in [3.05, 3.63) is 48.2 Å². The van der Waals surface area contributed by atoms with E-state index >= 15 is 0 Å². The molecule has 1 atom stereocenters.